The van der Waals surface area contributed by atoms with Gasteiger partial charge in [0.25, 0.3) is 10.0 Å². The molecule has 0 fully saturated rings. The summed E-state index contributed by atoms with van der Waals surface area (Å²) in [5, 5.41) is 3.44. The number of rotatable bonds is 6. The molecule has 1 heterocycles. The highest BCUT2D eigenvalue weighted by atomic mass is 35.5. The molecule has 0 aliphatic rings. The monoisotopic (exact) mass is 387 g/mol. The number of hydrogen-bond donors (Lipinski definition) is 2. The number of pyridine rings is 1. The van der Waals surface area contributed by atoms with Gasteiger partial charge in [0.15, 0.2) is 0 Å². The van der Waals surface area contributed by atoms with Gasteiger partial charge in [0.05, 0.1) is 16.9 Å². The number of nitrogens with zero attached hydrogens (tertiary/aromatic N) is 1. The smallest absolute Gasteiger partial charge is 0.264 e. The van der Waals surface area contributed by atoms with Crippen LogP contribution < -0.4 is 10.0 Å². The second-order valence-electron chi connectivity index (χ2n) is 5.75. The van der Waals surface area contributed by atoms with E-state index in [0.29, 0.717) is 6.54 Å². The maximum absolute atomic E-state index is 12.4. The lowest BCUT2D eigenvalue weighted by atomic mass is 10.1. The summed E-state index contributed by atoms with van der Waals surface area (Å²) in [6, 6.07) is 17.8. The molecule has 0 spiro atoms. The molecule has 134 valence electrons. The van der Waals surface area contributed by atoms with Crippen molar-refractivity contribution >= 4 is 33.1 Å². The van der Waals surface area contributed by atoms with Crippen LogP contribution in [0.2, 0.25) is 5.02 Å². The van der Waals surface area contributed by atoms with Gasteiger partial charge in [-0.3, -0.25) is 4.72 Å². The molecule has 0 saturated heterocycles. The van der Waals surface area contributed by atoms with Crippen molar-refractivity contribution in [3.05, 3.63) is 83.0 Å². The fraction of sp³-hybridized carbons (Fsp3) is 0.105. The van der Waals surface area contributed by atoms with E-state index in [2.05, 4.69) is 34.1 Å². The van der Waals surface area contributed by atoms with E-state index in [1.807, 2.05) is 12.1 Å². The third kappa shape index (κ3) is 4.33. The van der Waals surface area contributed by atoms with Crippen molar-refractivity contribution in [2.75, 3.05) is 10.0 Å². The molecule has 0 amide bonds. The zero-order valence-electron chi connectivity index (χ0n) is 14.1. The Morgan fingerprint density at radius 2 is 1.73 bits per heavy atom. The highest BCUT2D eigenvalue weighted by Crippen LogP contribution is 2.23. The van der Waals surface area contributed by atoms with Crippen LogP contribution in [0.1, 0.15) is 11.1 Å². The summed E-state index contributed by atoms with van der Waals surface area (Å²) in [4.78, 5) is 4.18. The van der Waals surface area contributed by atoms with Crippen LogP contribution >= 0.6 is 11.6 Å². The Kier molecular flexibility index (Phi) is 5.44. The molecule has 2 N–H and O–H groups in total. The first-order valence-corrected chi connectivity index (χ1v) is 9.83. The van der Waals surface area contributed by atoms with Crippen molar-refractivity contribution in [1.29, 1.82) is 0 Å². The lowest BCUT2D eigenvalue weighted by Crippen LogP contribution is -2.14. The maximum atomic E-state index is 12.4. The number of benzene rings is 2. The van der Waals surface area contributed by atoms with Gasteiger partial charge < -0.3 is 5.32 Å². The number of halogens is 1. The fourth-order valence-corrected chi connectivity index (χ4v) is 3.95. The standard InChI is InChI=1S/C19H18ClN3O2S/c1-14-6-2-3-7-15(14)12-21-16-10-11-19(22-13-16)23-26(24,25)18-9-5-4-8-17(18)20/h2-11,13,21H,12H2,1H3,(H,22,23). The van der Waals surface area contributed by atoms with Gasteiger partial charge in [0.2, 0.25) is 0 Å². The molecule has 7 heteroatoms. The third-order valence-electron chi connectivity index (χ3n) is 3.87. The first-order chi connectivity index (χ1) is 12.5. The van der Waals surface area contributed by atoms with Crippen LogP contribution in [0.5, 0.6) is 0 Å². The molecular weight excluding hydrogens is 370 g/mol. The molecule has 5 nitrogen and oxygen atoms in total. The normalized spacial score (nSPS) is 11.2. The second kappa shape index (κ2) is 7.76. The quantitative estimate of drug-likeness (QED) is 0.655. The third-order valence-corrected chi connectivity index (χ3v) is 5.73. The Labute approximate surface area is 158 Å². The highest BCUT2D eigenvalue weighted by molar-refractivity contribution is 7.92. The van der Waals surface area contributed by atoms with Gasteiger partial charge in [-0.05, 0) is 42.3 Å². The lowest BCUT2D eigenvalue weighted by Gasteiger charge is -2.11. The summed E-state index contributed by atoms with van der Waals surface area (Å²) in [5.74, 6) is 0.228. The second-order valence-corrected chi connectivity index (χ2v) is 7.81. The van der Waals surface area contributed by atoms with Gasteiger partial charge in [-0.15, -0.1) is 0 Å². The Morgan fingerprint density at radius 1 is 1.00 bits per heavy atom. The van der Waals surface area contributed by atoms with Gasteiger partial charge in [-0.25, -0.2) is 13.4 Å². The average Bonchev–Trinajstić information content (AvgIpc) is 2.62. The van der Waals surface area contributed by atoms with E-state index in [1.54, 1.807) is 30.5 Å². The SMILES string of the molecule is Cc1ccccc1CNc1ccc(NS(=O)(=O)c2ccccc2Cl)nc1. The summed E-state index contributed by atoms with van der Waals surface area (Å²) < 4.78 is 27.2. The van der Waals surface area contributed by atoms with Gasteiger partial charge in [0.1, 0.15) is 10.7 Å². The summed E-state index contributed by atoms with van der Waals surface area (Å²) in [5.41, 5.74) is 3.20. The minimum Gasteiger partial charge on any atom is -0.380 e. The predicted molar refractivity (Wildman–Crippen MR) is 105 cm³/mol. The van der Waals surface area contributed by atoms with Gasteiger partial charge in [-0.2, -0.15) is 0 Å². The number of aryl methyl sites for hydroxylation is 1. The molecule has 2 aromatic carbocycles. The number of aromatic nitrogens is 1. The van der Waals surface area contributed by atoms with Crippen LogP contribution in [-0.2, 0) is 16.6 Å². The topological polar surface area (TPSA) is 71.1 Å². The van der Waals surface area contributed by atoms with Crippen molar-refractivity contribution in [3.63, 3.8) is 0 Å². The number of anilines is 2. The molecule has 3 aromatic rings. The Bertz CT molecular complexity index is 1010. The molecule has 0 aliphatic heterocycles. The largest absolute Gasteiger partial charge is 0.380 e. The first kappa shape index (κ1) is 18.2. The number of nitrogens with one attached hydrogen (secondary N) is 2. The van der Waals surface area contributed by atoms with Crippen molar-refractivity contribution in [3.8, 4) is 0 Å². The summed E-state index contributed by atoms with van der Waals surface area (Å²) in [7, 11) is -3.78. The molecular formula is C19H18ClN3O2S. The fourth-order valence-electron chi connectivity index (χ4n) is 2.42. The van der Waals surface area contributed by atoms with Crippen LogP contribution in [0, 0.1) is 6.92 Å². The van der Waals surface area contributed by atoms with Gasteiger partial charge in [0, 0.05) is 6.54 Å². The van der Waals surface area contributed by atoms with Crippen LogP contribution in [0.15, 0.2) is 71.8 Å². The van der Waals surface area contributed by atoms with E-state index >= 15 is 0 Å². The van der Waals surface area contributed by atoms with Crippen LogP contribution in [0.4, 0.5) is 11.5 Å². The number of hydrogen-bond acceptors (Lipinski definition) is 4. The van der Waals surface area contributed by atoms with E-state index in [4.69, 9.17) is 11.6 Å². The van der Waals surface area contributed by atoms with E-state index in [0.717, 1.165) is 5.69 Å². The molecule has 26 heavy (non-hydrogen) atoms. The predicted octanol–water partition coefficient (Wildman–Crippen LogP) is 4.46. The Morgan fingerprint density at radius 3 is 2.42 bits per heavy atom. The van der Waals surface area contributed by atoms with Gasteiger partial charge >= 0.3 is 0 Å². The van der Waals surface area contributed by atoms with E-state index < -0.39 is 10.0 Å². The van der Waals surface area contributed by atoms with Crippen LogP contribution in [-0.4, -0.2) is 13.4 Å². The molecule has 0 aliphatic carbocycles. The lowest BCUT2D eigenvalue weighted by molar-refractivity contribution is 0.601. The molecule has 0 radical (unpaired) electrons. The Hall–Kier alpha value is -2.57. The zero-order chi connectivity index (χ0) is 18.6. The van der Waals surface area contributed by atoms with Crippen molar-refractivity contribution in [2.45, 2.75) is 18.4 Å². The van der Waals surface area contributed by atoms with E-state index in [1.165, 1.54) is 23.3 Å². The number of sulfonamides is 1. The van der Waals surface area contributed by atoms with Crippen molar-refractivity contribution in [1.82, 2.24) is 4.98 Å². The summed E-state index contributed by atoms with van der Waals surface area (Å²) in [6.45, 7) is 2.72. The molecule has 0 atom stereocenters. The molecule has 0 unspecified atom stereocenters. The minimum absolute atomic E-state index is 0.0187. The van der Waals surface area contributed by atoms with Crippen molar-refractivity contribution < 1.29 is 8.42 Å². The molecule has 0 bridgehead atoms. The van der Waals surface area contributed by atoms with Crippen molar-refractivity contribution in [2.24, 2.45) is 0 Å². The average molecular weight is 388 g/mol. The van der Waals surface area contributed by atoms with E-state index in [-0.39, 0.29) is 15.7 Å². The minimum atomic E-state index is -3.78. The zero-order valence-corrected chi connectivity index (χ0v) is 15.7. The molecule has 1 aromatic heterocycles. The maximum Gasteiger partial charge on any atom is 0.264 e. The van der Waals surface area contributed by atoms with E-state index in [9.17, 15) is 8.42 Å². The molecule has 0 saturated carbocycles. The van der Waals surface area contributed by atoms with Gasteiger partial charge in [-0.1, -0.05) is 48.0 Å². The summed E-state index contributed by atoms with van der Waals surface area (Å²) in [6.07, 6.45) is 1.59. The first-order valence-electron chi connectivity index (χ1n) is 7.97. The summed E-state index contributed by atoms with van der Waals surface area (Å²) >= 11 is 5.96. The van der Waals surface area contributed by atoms with Crippen LogP contribution in [0.3, 0.4) is 0 Å². The molecule has 3 rings (SSSR count). The Balaban J connectivity index is 1.68. The highest BCUT2D eigenvalue weighted by Gasteiger charge is 2.17. The van der Waals surface area contributed by atoms with Crippen LogP contribution in [0.25, 0.3) is 0 Å².